The zero-order chi connectivity index (χ0) is 16.2. The molecule has 0 aromatic carbocycles. The van der Waals surface area contributed by atoms with Gasteiger partial charge >= 0.3 is 12.1 Å². The summed E-state index contributed by atoms with van der Waals surface area (Å²) in [4.78, 5) is 22.4. The van der Waals surface area contributed by atoms with Gasteiger partial charge in [-0.25, -0.2) is 4.79 Å². The van der Waals surface area contributed by atoms with Crippen LogP contribution in [0, 0.1) is 5.41 Å². The standard InChI is InChI=1S/C11H10ClF3N2O3S/c12-8-2-1-7(21-8)9(18)17-5(4-11(13,14)15)3-6(16)10(19)20/h1-2,5,16H,3-4H2,(H,17,18)(H,19,20)/t5-/m0/s1. The van der Waals surface area contributed by atoms with E-state index in [-0.39, 0.29) is 4.88 Å². The zero-order valence-corrected chi connectivity index (χ0v) is 11.9. The van der Waals surface area contributed by atoms with Crippen molar-refractivity contribution in [2.45, 2.75) is 25.1 Å². The van der Waals surface area contributed by atoms with Crippen molar-refractivity contribution < 1.29 is 27.9 Å². The highest BCUT2D eigenvalue weighted by atomic mass is 35.5. The largest absolute Gasteiger partial charge is 0.477 e. The minimum absolute atomic E-state index is 0.106. The van der Waals surface area contributed by atoms with Gasteiger partial charge in [-0.15, -0.1) is 11.3 Å². The highest BCUT2D eigenvalue weighted by Crippen LogP contribution is 2.25. The van der Waals surface area contributed by atoms with Crippen LogP contribution in [-0.2, 0) is 4.79 Å². The number of thiophene rings is 1. The first-order valence-corrected chi connectivity index (χ1v) is 6.71. The van der Waals surface area contributed by atoms with Gasteiger partial charge in [0.25, 0.3) is 5.91 Å². The minimum atomic E-state index is -4.59. The van der Waals surface area contributed by atoms with Crippen molar-refractivity contribution >= 4 is 40.5 Å². The molecule has 1 amide bonds. The molecule has 0 radical (unpaired) electrons. The molecule has 1 heterocycles. The molecule has 0 aliphatic carbocycles. The van der Waals surface area contributed by atoms with Crippen molar-refractivity contribution in [3.05, 3.63) is 21.3 Å². The Morgan fingerprint density at radius 2 is 2.05 bits per heavy atom. The summed E-state index contributed by atoms with van der Waals surface area (Å²) < 4.78 is 37.6. The van der Waals surface area contributed by atoms with Crippen molar-refractivity contribution in [1.29, 1.82) is 5.41 Å². The fraction of sp³-hybridized carbons (Fsp3) is 0.364. The molecule has 21 heavy (non-hydrogen) atoms. The SMILES string of the molecule is N=C(C[C@@H](CC(F)(F)F)NC(=O)c1ccc(Cl)s1)C(=O)O. The molecule has 5 nitrogen and oxygen atoms in total. The van der Waals surface area contributed by atoms with E-state index in [1.807, 2.05) is 0 Å². The normalized spacial score (nSPS) is 12.8. The average molecular weight is 343 g/mol. The molecular formula is C11H10ClF3N2O3S. The molecule has 0 fully saturated rings. The van der Waals surface area contributed by atoms with Gasteiger partial charge in [-0.2, -0.15) is 13.2 Å². The third-order valence-corrected chi connectivity index (χ3v) is 3.55. The van der Waals surface area contributed by atoms with E-state index in [4.69, 9.17) is 22.1 Å². The lowest BCUT2D eigenvalue weighted by atomic mass is 10.1. The van der Waals surface area contributed by atoms with Gasteiger partial charge in [0.05, 0.1) is 15.6 Å². The molecule has 0 aliphatic rings. The van der Waals surface area contributed by atoms with E-state index in [0.29, 0.717) is 4.34 Å². The van der Waals surface area contributed by atoms with Crippen LogP contribution in [0.4, 0.5) is 13.2 Å². The first kappa shape index (κ1) is 17.4. The quantitative estimate of drug-likeness (QED) is 0.694. The number of amides is 1. The molecular weight excluding hydrogens is 333 g/mol. The Kier molecular flexibility index (Phi) is 5.73. The van der Waals surface area contributed by atoms with Gasteiger partial charge in [0.15, 0.2) is 0 Å². The summed E-state index contributed by atoms with van der Waals surface area (Å²) in [6.07, 6.45) is -6.74. The zero-order valence-electron chi connectivity index (χ0n) is 10.3. The first-order valence-electron chi connectivity index (χ1n) is 5.52. The number of hydrogen-bond acceptors (Lipinski definition) is 4. The average Bonchev–Trinajstić information content (AvgIpc) is 2.73. The summed E-state index contributed by atoms with van der Waals surface area (Å²) in [5.74, 6) is -2.42. The molecule has 1 aromatic heterocycles. The van der Waals surface area contributed by atoms with E-state index in [1.165, 1.54) is 12.1 Å². The summed E-state index contributed by atoms with van der Waals surface area (Å²) >= 11 is 6.50. The monoisotopic (exact) mass is 342 g/mol. The van der Waals surface area contributed by atoms with Crippen LogP contribution in [0.15, 0.2) is 12.1 Å². The molecule has 1 aromatic rings. The number of nitrogens with one attached hydrogen (secondary N) is 2. The number of carbonyl (C=O) groups is 2. The fourth-order valence-electron chi connectivity index (χ4n) is 1.48. The Morgan fingerprint density at radius 3 is 2.48 bits per heavy atom. The van der Waals surface area contributed by atoms with Gasteiger partial charge in [0.2, 0.25) is 0 Å². The highest BCUT2D eigenvalue weighted by Gasteiger charge is 2.34. The minimum Gasteiger partial charge on any atom is -0.477 e. The van der Waals surface area contributed by atoms with Gasteiger partial charge in [-0.1, -0.05) is 11.6 Å². The topological polar surface area (TPSA) is 90.3 Å². The Balaban J connectivity index is 2.79. The number of carboxylic acid groups (broad SMARTS) is 1. The van der Waals surface area contributed by atoms with Crippen LogP contribution in [-0.4, -0.2) is 34.9 Å². The number of aliphatic carboxylic acids is 1. The molecule has 1 rings (SSSR count). The predicted octanol–water partition coefficient (Wildman–Crippen LogP) is 2.95. The lowest BCUT2D eigenvalue weighted by Crippen LogP contribution is -2.40. The molecule has 0 spiro atoms. The van der Waals surface area contributed by atoms with Crippen LogP contribution in [0.2, 0.25) is 4.34 Å². The number of alkyl halides is 3. The maximum Gasteiger partial charge on any atom is 0.391 e. The van der Waals surface area contributed by atoms with Gasteiger partial charge in [0, 0.05) is 12.5 Å². The summed E-state index contributed by atoms with van der Waals surface area (Å²) in [5.41, 5.74) is -0.909. The predicted molar refractivity (Wildman–Crippen MR) is 71.2 cm³/mol. The van der Waals surface area contributed by atoms with Crippen molar-refractivity contribution in [1.82, 2.24) is 5.32 Å². The smallest absolute Gasteiger partial charge is 0.391 e. The van der Waals surface area contributed by atoms with Crippen molar-refractivity contribution in [2.75, 3.05) is 0 Å². The maximum absolute atomic E-state index is 12.4. The second kappa shape index (κ2) is 6.90. The summed E-state index contributed by atoms with van der Waals surface area (Å²) in [5, 5.41) is 17.7. The third kappa shape index (κ3) is 6.13. The molecule has 10 heteroatoms. The van der Waals surface area contributed by atoms with Crippen molar-refractivity contribution in [2.24, 2.45) is 0 Å². The number of carbonyl (C=O) groups excluding carboxylic acids is 1. The van der Waals surface area contributed by atoms with E-state index >= 15 is 0 Å². The lowest BCUT2D eigenvalue weighted by molar-refractivity contribution is -0.139. The van der Waals surface area contributed by atoms with Gasteiger partial charge in [-0.05, 0) is 12.1 Å². The molecule has 0 bridgehead atoms. The Labute approximate surface area is 126 Å². The fourth-order valence-corrected chi connectivity index (χ4v) is 2.43. The van der Waals surface area contributed by atoms with Crippen LogP contribution in [0.1, 0.15) is 22.5 Å². The first-order chi connectivity index (χ1) is 9.58. The maximum atomic E-state index is 12.4. The second-order valence-corrected chi connectivity index (χ2v) is 5.80. The molecule has 1 atom stereocenters. The van der Waals surface area contributed by atoms with E-state index < -0.39 is 42.6 Å². The Hall–Kier alpha value is -1.61. The summed E-state index contributed by atoms with van der Waals surface area (Å²) in [6.45, 7) is 0. The Bertz CT molecular complexity index is 559. The van der Waals surface area contributed by atoms with Crippen LogP contribution < -0.4 is 5.32 Å². The summed E-state index contributed by atoms with van der Waals surface area (Å²) in [6, 6.07) is 1.23. The Morgan fingerprint density at radius 1 is 1.43 bits per heavy atom. The third-order valence-electron chi connectivity index (χ3n) is 2.32. The molecule has 0 saturated carbocycles. The van der Waals surface area contributed by atoms with Crippen LogP contribution in [0.25, 0.3) is 0 Å². The number of halogens is 4. The van der Waals surface area contributed by atoms with Crippen LogP contribution in [0.5, 0.6) is 0 Å². The van der Waals surface area contributed by atoms with Gasteiger partial charge in [0.1, 0.15) is 5.71 Å². The number of rotatable bonds is 6. The molecule has 3 N–H and O–H groups in total. The van der Waals surface area contributed by atoms with E-state index in [9.17, 15) is 22.8 Å². The van der Waals surface area contributed by atoms with Crippen molar-refractivity contribution in [3.8, 4) is 0 Å². The van der Waals surface area contributed by atoms with Crippen molar-refractivity contribution in [3.63, 3.8) is 0 Å². The highest BCUT2D eigenvalue weighted by molar-refractivity contribution is 7.18. The number of carboxylic acids is 1. The van der Waals surface area contributed by atoms with Crippen LogP contribution >= 0.6 is 22.9 Å². The number of hydrogen-bond donors (Lipinski definition) is 3. The van der Waals surface area contributed by atoms with Crippen LogP contribution in [0.3, 0.4) is 0 Å². The van der Waals surface area contributed by atoms with Gasteiger partial charge < -0.3 is 10.4 Å². The second-order valence-electron chi connectivity index (χ2n) is 4.08. The molecule has 0 saturated heterocycles. The van der Waals surface area contributed by atoms with E-state index in [0.717, 1.165) is 11.3 Å². The summed E-state index contributed by atoms with van der Waals surface area (Å²) in [7, 11) is 0. The molecule has 0 aliphatic heterocycles. The van der Waals surface area contributed by atoms with Gasteiger partial charge in [-0.3, -0.25) is 10.2 Å². The van der Waals surface area contributed by atoms with E-state index in [1.54, 1.807) is 0 Å². The molecule has 116 valence electrons. The molecule has 0 unspecified atom stereocenters. The van der Waals surface area contributed by atoms with E-state index in [2.05, 4.69) is 5.32 Å². The lowest BCUT2D eigenvalue weighted by Gasteiger charge is -2.19.